The van der Waals surface area contributed by atoms with Crippen LogP contribution < -0.4 is 4.90 Å². The van der Waals surface area contributed by atoms with Gasteiger partial charge in [-0.1, -0.05) is 0 Å². The molecule has 1 aliphatic heterocycles. The highest BCUT2D eigenvalue weighted by Crippen LogP contribution is 2.22. The first-order valence-electron chi connectivity index (χ1n) is 6.49. The fourth-order valence-corrected chi connectivity index (χ4v) is 2.36. The summed E-state index contributed by atoms with van der Waals surface area (Å²) in [7, 11) is 1.67. The molecule has 0 aromatic carbocycles. The first-order valence-corrected chi connectivity index (χ1v) is 6.49. The van der Waals surface area contributed by atoms with E-state index in [0.29, 0.717) is 19.1 Å². The Kier molecular flexibility index (Phi) is 4.90. The van der Waals surface area contributed by atoms with Crippen molar-refractivity contribution < 1.29 is 9.84 Å². The van der Waals surface area contributed by atoms with Crippen LogP contribution in [0.15, 0.2) is 12.4 Å². The maximum absolute atomic E-state index is 8.93. The van der Waals surface area contributed by atoms with Crippen molar-refractivity contribution in [3.05, 3.63) is 18.0 Å². The van der Waals surface area contributed by atoms with E-state index in [-0.39, 0.29) is 0 Å². The first-order chi connectivity index (χ1) is 8.83. The standard InChI is InChI=1S/C13H21N3O2/c1-18-10-12-8-14-13(15-9-12)16-5-2-11(3-6-16)4-7-17/h8-9,11,17H,2-7,10H2,1H3. The molecule has 0 aliphatic carbocycles. The topological polar surface area (TPSA) is 58.5 Å². The van der Waals surface area contributed by atoms with Crippen molar-refractivity contribution in [2.24, 2.45) is 5.92 Å². The zero-order valence-electron chi connectivity index (χ0n) is 10.9. The number of piperidine rings is 1. The number of nitrogens with zero attached hydrogens (tertiary/aromatic N) is 3. The van der Waals surface area contributed by atoms with Gasteiger partial charge < -0.3 is 14.7 Å². The molecule has 0 bridgehead atoms. The lowest BCUT2D eigenvalue weighted by molar-refractivity contribution is 0.184. The van der Waals surface area contributed by atoms with Gasteiger partial charge in [0.05, 0.1) is 6.61 Å². The molecule has 100 valence electrons. The Labute approximate surface area is 108 Å². The smallest absolute Gasteiger partial charge is 0.225 e. The van der Waals surface area contributed by atoms with E-state index in [0.717, 1.165) is 43.9 Å². The molecule has 5 heteroatoms. The minimum atomic E-state index is 0.298. The summed E-state index contributed by atoms with van der Waals surface area (Å²) in [6.07, 6.45) is 6.80. The van der Waals surface area contributed by atoms with E-state index >= 15 is 0 Å². The van der Waals surface area contributed by atoms with Gasteiger partial charge in [-0.2, -0.15) is 0 Å². The van der Waals surface area contributed by atoms with Gasteiger partial charge in [-0.3, -0.25) is 0 Å². The predicted molar refractivity (Wildman–Crippen MR) is 69.4 cm³/mol. The van der Waals surface area contributed by atoms with E-state index < -0.39 is 0 Å². The summed E-state index contributed by atoms with van der Waals surface area (Å²) in [6, 6.07) is 0. The van der Waals surface area contributed by atoms with Crippen molar-refractivity contribution in [3.63, 3.8) is 0 Å². The normalized spacial score (nSPS) is 17.1. The molecule has 1 N–H and O–H groups in total. The lowest BCUT2D eigenvalue weighted by Gasteiger charge is -2.31. The molecule has 0 radical (unpaired) electrons. The van der Waals surface area contributed by atoms with Crippen LogP contribution in [0.4, 0.5) is 5.95 Å². The quantitative estimate of drug-likeness (QED) is 0.852. The van der Waals surface area contributed by atoms with Crippen molar-refractivity contribution in [2.45, 2.75) is 25.9 Å². The van der Waals surface area contributed by atoms with Gasteiger partial charge in [-0.05, 0) is 25.2 Å². The van der Waals surface area contributed by atoms with Gasteiger partial charge in [0.1, 0.15) is 0 Å². The Morgan fingerprint density at radius 1 is 1.33 bits per heavy atom. The summed E-state index contributed by atoms with van der Waals surface area (Å²) in [5, 5.41) is 8.93. The molecule has 1 saturated heterocycles. The van der Waals surface area contributed by atoms with Crippen LogP contribution >= 0.6 is 0 Å². The maximum atomic E-state index is 8.93. The average Bonchev–Trinajstić information content (AvgIpc) is 2.41. The van der Waals surface area contributed by atoms with Crippen molar-refractivity contribution in [3.8, 4) is 0 Å². The molecule has 5 nitrogen and oxygen atoms in total. The average molecular weight is 251 g/mol. The van der Waals surface area contributed by atoms with E-state index in [1.807, 2.05) is 12.4 Å². The molecule has 0 saturated carbocycles. The molecule has 1 aliphatic rings. The minimum absolute atomic E-state index is 0.298. The second-order valence-corrected chi connectivity index (χ2v) is 4.77. The molecule has 0 unspecified atom stereocenters. The highest BCUT2D eigenvalue weighted by Gasteiger charge is 2.20. The number of aromatic nitrogens is 2. The summed E-state index contributed by atoms with van der Waals surface area (Å²) in [5.41, 5.74) is 0.997. The third kappa shape index (κ3) is 3.40. The molecule has 0 atom stereocenters. The van der Waals surface area contributed by atoms with E-state index in [9.17, 15) is 0 Å². The number of rotatable bonds is 5. The van der Waals surface area contributed by atoms with Crippen LogP contribution in [0.5, 0.6) is 0 Å². The number of aliphatic hydroxyl groups is 1. The van der Waals surface area contributed by atoms with Crippen LogP contribution in [-0.2, 0) is 11.3 Å². The van der Waals surface area contributed by atoms with E-state index in [1.54, 1.807) is 7.11 Å². The van der Waals surface area contributed by atoms with Crippen LogP contribution in [0.3, 0.4) is 0 Å². The third-order valence-corrected chi connectivity index (χ3v) is 3.44. The van der Waals surface area contributed by atoms with Gasteiger partial charge in [-0.15, -0.1) is 0 Å². The molecule has 1 aromatic heterocycles. The number of anilines is 1. The Balaban J connectivity index is 1.89. The maximum Gasteiger partial charge on any atom is 0.225 e. The monoisotopic (exact) mass is 251 g/mol. The van der Waals surface area contributed by atoms with Crippen LogP contribution in [0, 0.1) is 5.92 Å². The van der Waals surface area contributed by atoms with Crippen molar-refractivity contribution in [2.75, 3.05) is 31.7 Å². The highest BCUT2D eigenvalue weighted by atomic mass is 16.5. The van der Waals surface area contributed by atoms with Gasteiger partial charge >= 0.3 is 0 Å². The Morgan fingerprint density at radius 3 is 2.56 bits per heavy atom. The van der Waals surface area contributed by atoms with Crippen molar-refractivity contribution >= 4 is 5.95 Å². The van der Waals surface area contributed by atoms with Gasteiger partial charge in [-0.25, -0.2) is 9.97 Å². The molecular formula is C13H21N3O2. The van der Waals surface area contributed by atoms with Crippen molar-refractivity contribution in [1.29, 1.82) is 0 Å². The summed E-state index contributed by atoms with van der Waals surface area (Å²) < 4.78 is 5.04. The van der Waals surface area contributed by atoms with Crippen LogP contribution in [0.1, 0.15) is 24.8 Å². The molecule has 2 heterocycles. The SMILES string of the molecule is COCc1cnc(N2CCC(CCO)CC2)nc1. The number of hydrogen-bond donors (Lipinski definition) is 1. The first kappa shape index (κ1) is 13.2. The number of hydrogen-bond acceptors (Lipinski definition) is 5. The second-order valence-electron chi connectivity index (χ2n) is 4.77. The van der Waals surface area contributed by atoms with E-state index in [2.05, 4.69) is 14.9 Å². The predicted octanol–water partition coefficient (Wildman–Crippen LogP) is 1.22. The van der Waals surface area contributed by atoms with E-state index in [4.69, 9.17) is 9.84 Å². The number of aliphatic hydroxyl groups excluding tert-OH is 1. The zero-order valence-corrected chi connectivity index (χ0v) is 10.9. The van der Waals surface area contributed by atoms with E-state index in [1.165, 1.54) is 0 Å². The fraction of sp³-hybridized carbons (Fsp3) is 0.692. The Morgan fingerprint density at radius 2 is 2.00 bits per heavy atom. The fourth-order valence-electron chi connectivity index (χ4n) is 2.36. The third-order valence-electron chi connectivity index (χ3n) is 3.44. The Bertz CT molecular complexity index is 348. The lowest BCUT2D eigenvalue weighted by atomic mass is 9.94. The van der Waals surface area contributed by atoms with Gasteiger partial charge in [0.15, 0.2) is 0 Å². The van der Waals surface area contributed by atoms with Crippen molar-refractivity contribution in [1.82, 2.24) is 9.97 Å². The summed E-state index contributed by atoms with van der Waals surface area (Å²) in [4.78, 5) is 11.0. The minimum Gasteiger partial charge on any atom is -0.396 e. The molecule has 0 amide bonds. The highest BCUT2D eigenvalue weighted by molar-refractivity contribution is 5.30. The summed E-state index contributed by atoms with van der Waals surface area (Å²) >= 11 is 0. The number of ether oxygens (including phenoxy) is 1. The van der Waals surface area contributed by atoms with Crippen LogP contribution in [0.25, 0.3) is 0 Å². The molecule has 1 aromatic rings. The van der Waals surface area contributed by atoms with Crippen LogP contribution in [0.2, 0.25) is 0 Å². The van der Waals surface area contributed by atoms with Crippen LogP contribution in [-0.4, -0.2) is 41.9 Å². The summed E-state index contributed by atoms with van der Waals surface area (Å²) in [6.45, 7) is 2.81. The van der Waals surface area contributed by atoms with Gasteiger partial charge in [0.25, 0.3) is 0 Å². The molecule has 18 heavy (non-hydrogen) atoms. The zero-order chi connectivity index (χ0) is 12.8. The molecular weight excluding hydrogens is 230 g/mol. The largest absolute Gasteiger partial charge is 0.396 e. The molecule has 2 rings (SSSR count). The summed E-state index contributed by atoms with van der Waals surface area (Å²) in [5.74, 6) is 1.45. The lowest BCUT2D eigenvalue weighted by Crippen LogP contribution is -2.35. The van der Waals surface area contributed by atoms with Gasteiger partial charge in [0.2, 0.25) is 5.95 Å². The number of methoxy groups -OCH3 is 1. The molecule has 0 spiro atoms. The van der Waals surface area contributed by atoms with Gasteiger partial charge in [0, 0.05) is 44.8 Å². The molecule has 1 fully saturated rings. The second kappa shape index (κ2) is 6.66. The Hall–Kier alpha value is -1.20.